The summed E-state index contributed by atoms with van der Waals surface area (Å²) < 4.78 is 22.2. The van der Waals surface area contributed by atoms with E-state index < -0.39 is 15.4 Å². The molecular formula is C10H21NO3S. The van der Waals surface area contributed by atoms with Gasteiger partial charge in [0.05, 0.1) is 5.75 Å². The first-order valence-corrected chi connectivity index (χ1v) is 7.13. The van der Waals surface area contributed by atoms with Gasteiger partial charge in [-0.1, -0.05) is 13.8 Å². The summed E-state index contributed by atoms with van der Waals surface area (Å²) in [5.74, 6) is -0.211. The van der Waals surface area contributed by atoms with E-state index in [-0.39, 0.29) is 17.6 Å². The van der Waals surface area contributed by atoms with Crippen molar-refractivity contribution in [3.63, 3.8) is 0 Å². The molecule has 0 aliphatic carbocycles. The zero-order valence-corrected chi connectivity index (χ0v) is 10.9. The van der Waals surface area contributed by atoms with Gasteiger partial charge >= 0.3 is 0 Å². The van der Waals surface area contributed by atoms with Crippen LogP contribution in [0.1, 0.15) is 34.1 Å². The molecule has 0 saturated heterocycles. The quantitative estimate of drug-likeness (QED) is 0.772. The van der Waals surface area contributed by atoms with E-state index in [9.17, 15) is 13.2 Å². The minimum absolute atomic E-state index is 0.0395. The highest BCUT2D eigenvalue weighted by Crippen LogP contribution is 2.09. The monoisotopic (exact) mass is 235 g/mol. The highest BCUT2D eigenvalue weighted by Gasteiger charge is 2.26. The summed E-state index contributed by atoms with van der Waals surface area (Å²) in [7, 11) is -3.07. The van der Waals surface area contributed by atoms with Crippen LogP contribution < -0.4 is 5.32 Å². The third kappa shape index (κ3) is 6.49. The predicted octanol–water partition coefficient (Wildman–Crippen LogP) is 0.972. The Morgan fingerprint density at radius 1 is 1.40 bits per heavy atom. The molecule has 90 valence electrons. The molecule has 4 nitrogen and oxygen atoms in total. The number of hydrogen-bond donors (Lipinski definition) is 1. The number of sulfone groups is 1. The smallest absolute Gasteiger partial charge is 0.223 e. The Morgan fingerprint density at radius 3 is 2.20 bits per heavy atom. The first-order chi connectivity index (χ1) is 6.57. The molecule has 1 atom stereocenters. The number of nitrogens with one attached hydrogen (secondary N) is 1. The van der Waals surface area contributed by atoms with Gasteiger partial charge in [-0.15, -0.1) is 0 Å². The van der Waals surface area contributed by atoms with Crippen LogP contribution in [-0.4, -0.2) is 31.9 Å². The van der Waals surface area contributed by atoms with Crippen molar-refractivity contribution in [3.8, 4) is 0 Å². The topological polar surface area (TPSA) is 63.2 Å². The van der Waals surface area contributed by atoms with Gasteiger partial charge in [0.1, 0.15) is 9.84 Å². The Morgan fingerprint density at radius 2 is 1.87 bits per heavy atom. The molecule has 0 saturated carbocycles. The Kier molecular flexibility index (Phi) is 4.77. The van der Waals surface area contributed by atoms with Gasteiger partial charge in [0, 0.05) is 17.7 Å². The summed E-state index contributed by atoms with van der Waals surface area (Å²) in [6.07, 6.45) is 1.92. The molecular weight excluding hydrogens is 214 g/mol. The zero-order chi connectivity index (χ0) is 12.3. The molecule has 1 amide bonds. The molecule has 0 spiro atoms. The van der Waals surface area contributed by atoms with Gasteiger partial charge in [-0.2, -0.15) is 0 Å². The van der Waals surface area contributed by atoms with E-state index in [0.29, 0.717) is 0 Å². The minimum atomic E-state index is -3.07. The molecule has 0 rings (SSSR count). The predicted molar refractivity (Wildman–Crippen MR) is 61.4 cm³/mol. The van der Waals surface area contributed by atoms with E-state index in [2.05, 4.69) is 5.32 Å². The summed E-state index contributed by atoms with van der Waals surface area (Å²) in [4.78, 5) is 11.6. The molecule has 5 heteroatoms. The lowest BCUT2D eigenvalue weighted by molar-refractivity contribution is -0.125. The molecule has 0 bridgehead atoms. The fraction of sp³-hybridized carbons (Fsp3) is 0.900. The summed E-state index contributed by atoms with van der Waals surface area (Å²) in [5, 5.41) is 2.75. The van der Waals surface area contributed by atoms with Crippen LogP contribution in [-0.2, 0) is 14.6 Å². The molecule has 0 aromatic rings. The maximum absolute atomic E-state index is 11.6. The lowest BCUT2D eigenvalue weighted by atomic mass is 10.0. The molecule has 1 N–H and O–H groups in total. The van der Waals surface area contributed by atoms with Crippen LogP contribution in [0.3, 0.4) is 0 Å². The van der Waals surface area contributed by atoms with E-state index in [1.807, 2.05) is 13.8 Å². The average Bonchev–Trinajstić information content (AvgIpc) is 1.96. The first kappa shape index (κ1) is 14.4. The van der Waals surface area contributed by atoms with Crippen molar-refractivity contribution in [1.29, 1.82) is 0 Å². The van der Waals surface area contributed by atoms with E-state index >= 15 is 0 Å². The molecule has 0 aliphatic heterocycles. The third-order valence-corrected chi connectivity index (χ3v) is 3.39. The van der Waals surface area contributed by atoms with Gasteiger partial charge < -0.3 is 5.32 Å². The number of hydrogen-bond acceptors (Lipinski definition) is 3. The van der Waals surface area contributed by atoms with Gasteiger partial charge in [-0.05, 0) is 20.3 Å². The third-order valence-electron chi connectivity index (χ3n) is 2.14. The van der Waals surface area contributed by atoms with Gasteiger partial charge in [-0.25, -0.2) is 8.42 Å². The lowest BCUT2D eigenvalue weighted by Crippen LogP contribution is -2.49. The highest BCUT2D eigenvalue weighted by atomic mass is 32.2. The van der Waals surface area contributed by atoms with Crippen LogP contribution in [0.4, 0.5) is 0 Å². The Bertz CT molecular complexity index is 320. The standard InChI is InChI=1S/C10H21NO3S/c1-6-8(2)9(12)11-10(3,4)7-15(5,13)14/h8H,6-7H2,1-5H3,(H,11,12). The first-order valence-electron chi connectivity index (χ1n) is 5.07. The summed E-state index contributed by atoms with van der Waals surface area (Å²) >= 11 is 0. The van der Waals surface area contributed by atoms with Crippen molar-refractivity contribution >= 4 is 15.7 Å². The largest absolute Gasteiger partial charge is 0.350 e. The van der Waals surface area contributed by atoms with Crippen molar-refractivity contribution < 1.29 is 13.2 Å². The van der Waals surface area contributed by atoms with Crippen molar-refractivity contribution in [2.75, 3.05) is 12.0 Å². The number of carbonyl (C=O) groups excluding carboxylic acids is 1. The maximum atomic E-state index is 11.6. The van der Waals surface area contributed by atoms with Crippen LogP contribution in [0.15, 0.2) is 0 Å². The molecule has 0 heterocycles. The molecule has 1 unspecified atom stereocenters. The second-order valence-electron chi connectivity index (χ2n) is 4.75. The number of carbonyl (C=O) groups is 1. The average molecular weight is 235 g/mol. The van der Waals surface area contributed by atoms with Gasteiger partial charge in [0.2, 0.25) is 5.91 Å². The van der Waals surface area contributed by atoms with E-state index in [0.717, 1.165) is 6.42 Å². The SMILES string of the molecule is CCC(C)C(=O)NC(C)(C)CS(C)(=O)=O. The fourth-order valence-electron chi connectivity index (χ4n) is 1.33. The second kappa shape index (κ2) is 4.96. The Balaban J connectivity index is 4.45. The molecule has 0 aromatic heterocycles. The molecule has 0 aromatic carbocycles. The van der Waals surface area contributed by atoms with Gasteiger partial charge in [0.25, 0.3) is 0 Å². The van der Waals surface area contributed by atoms with Crippen LogP contribution >= 0.6 is 0 Å². The zero-order valence-electron chi connectivity index (χ0n) is 10.1. The summed E-state index contributed by atoms with van der Waals surface area (Å²) in [5.41, 5.74) is -0.700. The molecule has 0 aliphatic rings. The van der Waals surface area contributed by atoms with Gasteiger partial charge in [0.15, 0.2) is 0 Å². The normalized spacial score (nSPS) is 14.7. The Hall–Kier alpha value is -0.580. The van der Waals surface area contributed by atoms with E-state index in [4.69, 9.17) is 0 Å². The highest BCUT2D eigenvalue weighted by molar-refractivity contribution is 7.90. The molecule has 15 heavy (non-hydrogen) atoms. The van der Waals surface area contributed by atoms with Crippen molar-refractivity contribution in [1.82, 2.24) is 5.32 Å². The Labute approximate surface area is 92.4 Å². The summed E-state index contributed by atoms with van der Waals surface area (Å²) in [6, 6.07) is 0. The van der Waals surface area contributed by atoms with Crippen LogP contribution in [0.2, 0.25) is 0 Å². The minimum Gasteiger partial charge on any atom is -0.350 e. The second-order valence-corrected chi connectivity index (χ2v) is 6.89. The van der Waals surface area contributed by atoms with Crippen molar-refractivity contribution in [2.45, 2.75) is 39.7 Å². The van der Waals surface area contributed by atoms with Crippen LogP contribution in [0.25, 0.3) is 0 Å². The fourth-order valence-corrected chi connectivity index (χ4v) is 2.72. The molecule has 0 radical (unpaired) electrons. The van der Waals surface area contributed by atoms with Gasteiger partial charge in [-0.3, -0.25) is 4.79 Å². The van der Waals surface area contributed by atoms with Crippen LogP contribution in [0.5, 0.6) is 0 Å². The van der Waals surface area contributed by atoms with E-state index in [1.54, 1.807) is 13.8 Å². The van der Waals surface area contributed by atoms with Crippen LogP contribution in [0, 0.1) is 5.92 Å². The lowest BCUT2D eigenvalue weighted by Gasteiger charge is -2.26. The number of rotatable bonds is 5. The van der Waals surface area contributed by atoms with E-state index in [1.165, 1.54) is 6.26 Å². The van der Waals surface area contributed by atoms with Crippen molar-refractivity contribution in [3.05, 3.63) is 0 Å². The number of amides is 1. The molecule has 0 fully saturated rings. The summed E-state index contributed by atoms with van der Waals surface area (Å²) in [6.45, 7) is 7.18. The maximum Gasteiger partial charge on any atom is 0.223 e. The van der Waals surface area contributed by atoms with Crippen molar-refractivity contribution in [2.24, 2.45) is 5.92 Å².